The molecule has 1 saturated heterocycles. The highest BCUT2D eigenvalue weighted by Crippen LogP contribution is 2.16. The van der Waals surface area contributed by atoms with E-state index >= 15 is 0 Å². The fraction of sp³-hybridized carbons (Fsp3) is 0.400. The van der Waals surface area contributed by atoms with Crippen LogP contribution >= 0.6 is 0 Å². The molecule has 2 heterocycles. The first-order valence-electron chi connectivity index (χ1n) is 10.4. The van der Waals surface area contributed by atoms with Gasteiger partial charge in [0.2, 0.25) is 12.3 Å². The fourth-order valence-electron chi connectivity index (χ4n) is 3.56. The Morgan fingerprint density at radius 2 is 1.94 bits per heavy atom. The molecule has 1 aromatic rings. The van der Waals surface area contributed by atoms with E-state index in [-0.39, 0.29) is 30.5 Å². The predicted octanol–water partition coefficient (Wildman–Crippen LogP) is -2.60. The standard InChI is InChI=1S/C20H25N7O7/c21-20-25-16-15(18(32)26-20)23-11(7-22-16)8-27(9-28)12-3-1-10(2-4-12)17(31)24-13(19(33)34)5-6-14(29)30/h1-4,9,11,13,15,20,23H,5-8,21H2,(H,22,25)(H,24,31)(H,26,32)(H,29,30)(H,33,34)/t11-,13-,15?,20?/m0/s1. The minimum absolute atomic E-state index is 0.141. The van der Waals surface area contributed by atoms with Crippen molar-refractivity contribution in [1.82, 2.24) is 21.3 Å². The van der Waals surface area contributed by atoms with Crippen LogP contribution in [-0.4, -0.2) is 83.7 Å². The second-order valence-electron chi connectivity index (χ2n) is 7.75. The number of nitrogens with one attached hydrogen (secondary N) is 4. The zero-order valence-electron chi connectivity index (χ0n) is 17.9. The lowest BCUT2D eigenvalue weighted by molar-refractivity contribution is -0.140. The first kappa shape index (κ1) is 24.6. The summed E-state index contributed by atoms with van der Waals surface area (Å²) in [5.74, 6) is -3.09. The number of benzene rings is 1. The van der Waals surface area contributed by atoms with E-state index in [0.717, 1.165) is 0 Å². The van der Waals surface area contributed by atoms with Gasteiger partial charge in [0, 0.05) is 30.3 Å². The largest absolute Gasteiger partial charge is 0.481 e. The monoisotopic (exact) mass is 475 g/mol. The number of rotatable bonds is 10. The second kappa shape index (κ2) is 10.7. The normalized spacial score (nSPS) is 22.2. The highest BCUT2D eigenvalue weighted by molar-refractivity contribution is 6.09. The number of carbonyl (C=O) groups is 5. The average Bonchev–Trinajstić information content (AvgIpc) is 2.80. The zero-order chi connectivity index (χ0) is 24.8. The summed E-state index contributed by atoms with van der Waals surface area (Å²) in [5, 5.41) is 28.7. The lowest BCUT2D eigenvalue weighted by Gasteiger charge is -2.37. The SMILES string of the molecule is NC1NC(=O)C2N[C@H](CN(C=O)c3ccc(C(=O)N[C@@H](CCC(=O)O)C(=O)O)cc3)CN=C2N1. The molecule has 0 saturated carbocycles. The van der Waals surface area contributed by atoms with Crippen LogP contribution in [0.1, 0.15) is 23.2 Å². The lowest BCUT2D eigenvalue weighted by atomic mass is 10.1. The minimum atomic E-state index is -1.35. The van der Waals surface area contributed by atoms with Crippen LogP contribution in [0.3, 0.4) is 0 Å². The number of amidine groups is 1. The number of anilines is 1. The van der Waals surface area contributed by atoms with E-state index < -0.39 is 42.6 Å². The van der Waals surface area contributed by atoms with Gasteiger partial charge in [0.1, 0.15) is 17.9 Å². The number of nitrogens with two attached hydrogens (primary N) is 1. The molecule has 182 valence electrons. The third kappa shape index (κ3) is 6.05. The van der Waals surface area contributed by atoms with Gasteiger partial charge in [0.15, 0.2) is 6.29 Å². The van der Waals surface area contributed by atoms with Crippen LogP contribution < -0.4 is 31.9 Å². The molecule has 0 aliphatic carbocycles. The van der Waals surface area contributed by atoms with Crippen LogP contribution in [0.4, 0.5) is 5.69 Å². The number of carboxylic acid groups (broad SMARTS) is 2. The molecule has 14 heteroatoms. The zero-order valence-corrected chi connectivity index (χ0v) is 17.9. The molecule has 1 fully saturated rings. The van der Waals surface area contributed by atoms with Gasteiger partial charge < -0.3 is 31.1 Å². The van der Waals surface area contributed by atoms with Crippen molar-refractivity contribution in [3.05, 3.63) is 29.8 Å². The molecular formula is C20H25N7O7. The van der Waals surface area contributed by atoms with Crippen molar-refractivity contribution in [1.29, 1.82) is 0 Å². The van der Waals surface area contributed by atoms with Gasteiger partial charge in [-0.25, -0.2) is 4.79 Å². The first-order valence-corrected chi connectivity index (χ1v) is 10.4. The molecule has 34 heavy (non-hydrogen) atoms. The summed E-state index contributed by atoms with van der Waals surface area (Å²) in [6.45, 7) is 0.495. The van der Waals surface area contributed by atoms with Crippen molar-refractivity contribution in [2.45, 2.75) is 37.3 Å². The molecule has 0 spiro atoms. The molecule has 2 unspecified atom stereocenters. The van der Waals surface area contributed by atoms with Crippen LogP contribution in [0, 0.1) is 0 Å². The van der Waals surface area contributed by atoms with Crippen molar-refractivity contribution in [2.24, 2.45) is 10.7 Å². The van der Waals surface area contributed by atoms with E-state index in [0.29, 0.717) is 24.5 Å². The highest BCUT2D eigenvalue weighted by Gasteiger charge is 2.36. The quantitative estimate of drug-likeness (QED) is 0.175. The van der Waals surface area contributed by atoms with Gasteiger partial charge in [-0.15, -0.1) is 0 Å². The summed E-state index contributed by atoms with van der Waals surface area (Å²) in [4.78, 5) is 63.9. The van der Waals surface area contributed by atoms with Gasteiger partial charge in [-0.05, 0) is 30.7 Å². The number of hydrogen-bond donors (Lipinski definition) is 7. The van der Waals surface area contributed by atoms with Crippen LogP contribution in [-0.2, 0) is 19.2 Å². The number of fused-ring (bicyclic) bond motifs is 1. The summed E-state index contributed by atoms with van der Waals surface area (Å²) in [6.07, 6.45) is -0.772. The summed E-state index contributed by atoms with van der Waals surface area (Å²) in [5.41, 5.74) is 6.27. The van der Waals surface area contributed by atoms with Crippen LogP contribution in [0.5, 0.6) is 0 Å². The Kier molecular flexibility index (Phi) is 7.75. The number of nitrogens with zero attached hydrogens (tertiary/aromatic N) is 2. The van der Waals surface area contributed by atoms with Gasteiger partial charge in [0.05, 0.1) is 6.54 Å². The number of aliphatic imine (C=N–C) groups is 1. The maximum absolute atomic E-state index is 12.4. The molecule has 14 nitrogen and oxygen atoms in total. The van der Waals surface area contributed by atoms with Gasteiger partial charge in [-0.1, -0.05) is 0 Å². The van der Waals surface area contributed by atoms with Crippen LogP contribution in [0.2, 0.25) is 0 Å². The molecule has 1 aromatic carbocycles. The number of hydrogen-bond acceptors (Lipinski definition) is 9. The Bertz CT molecular complexity index is 997. The number of amides is 3. The molecule has 2 aliphatic heterocycles. The summed E-state index contributed by atoms with van der Waals surface area (Å²) in [6, 6.07) is 3.49. The topological polar surface area (TPSA) is 216 Å². The average molecular weight is 475 g/mol. The van der Waals surface area contributed by atoms with Gasteiger partial charge >= 0.3 is 11.9 Å². The molecule has 2 aliphatic rings. The molecule has 0 aromatic heterocycles. The van der Waals surface area contributed by atoms with E-state index in [2.05, 4.69) is 26.3 Å². The van der Waals surface area contributed by atoms with E-state index in [1.54, 1.807) is 0 Å². The van der Waals surface area contributed by atoms with Gasteiger partial charge in [-0.2, -0.15) is 0 Å². The maximum atomic E-state index is 12.4. The molecule has 8 N–H and O–H groups in total. The Morgan fingerprint density at radius 1 is 1.24 bits per heavy atom. The Labute approximate surface area is 193 Å². The molecule has 3 amide bonds. The van der Waals surface area contributed by atoms with Crippen LogP contribution in [0.25, 0.3) is 0 Å². The second-order valence-corrected chi connectivity index (χ2v) is 7.75. The van der Waals surface area contributed by atoms with Gasteiger partial charge in [-0.3, -0.25) is 35.2 Å². The minimum Gasteiger partial charge on any atom is -0.481 e. The third-order valence-corrected chi connectivity index (χ3v) is 5.28. The predicted molar refractivity (Wildman–Crippen MR) is 118 cm³/mol. The van der Waals surface area contributed by atoms with E-state index in [1.165, 1.54) is 29.2 Å². The highest BCUT2D eigenvalue weighted by atomic mass is 16.4. The number of carbonyl (C=O) groups excluding carboxylic acids is 3. The maximum Gasteiger partial charge on any atom is 0.326 e. The smallest absolute Gasteiger partial charge is 0.326 e. The van der Waals surface area contributed by atoms with E-state index in [1.807, 2.05) is 0 Å². The van der Waals surface area contributed by atoms with Crippen molar-refractivity contribution in [3.8, 4) is 0 Å². The molecule has 4 atom stereocenters. The fourth-order valence-corrected chi connectivity index (χ4v) is 3.56. The van der Waals surface area contributed by atoms with Crippen molar-refractivity contribution in [2.75, 3.05) is 18.0 Å². The van der Waals surface area contributed by atoms with Crippen molar-refractivity contribution in [3.63, 3.8) is 0 Å². The van der Waals surface area contributed by atoms with Gasteiger partial charge in [0.25, 0.3) is 5.91 Å². The lowest BCUT2D eigenvalue weighted by Crippen LogP contribution is -2.71. The molecule has 3 rings (SSSR count). The van der Waals surface area contributed by atoms with Crippen molar-refractivity contribution >= 4 is 41.7 Å². The molecule has 0 bridgehead atoms. The molecule has 0 radical (unpaired) electrons. The van der Waals surface area contributed by atoms with E-state index in [4.69, 9.17) is 10.8 Å². The van der Waals surface area contributed by atoms with Crippen LogP contribution in [0.15, 0.2) is 29.3 Å². The Hall–Kier alpha value is -4.04. The summed E-state index contributed by atoms with van der Waals surface area (Å²) in [7, 11) is 0. The van der Waals surface area contributed by atoms with E-state index in [9.17, 15) is 29.1 Å². The number of carboxylic acids is 2. The van der Waals surface area contributed by atoms with Crippen molar-refractivity contribution < 1.29 is 34.2 Å². The summed E-state index contributed by atoms with van der Waals surface area (Å²) >= 11 is 0. The summed E-state index contributed by atoms with van der Waals surface area (Å²) < 4.78 is 0. The first-order chi connectivity index (χ1) is 16.2. The Morgan fingerprint density at radius 3 is 2.56 bits per heavy atom. The molecular weight excluding hydrogens is 450 g/mol. The Balaban J connectivity index is 1.62. The third-order valence-electron chi connectivity index (χ3n) is 5.28. The number of aliphatic carboxylic acids is 2.